The van der Waals surface area contributed by atoms with Gasteiger partial charge >= 0.3 is 0 Å². The number of nitrogens with one attached hydrogen (secondary N) is 2. The van der Waals surface area contributed by atoms with E-state index in [1.54, 1.807) is 7.11 Å². The van der Waals surface area contributed by atoms with E-state index in [9.17, 15) is 0 Å². The zero-order valence-electron chi connectivity index (χ0n) is 17.0. The first-order chi connectivity index (χ1) is 11.3. The van der Waals surface area contributed by atoms with Gasteiger partial charge in [-0.05, 0) is 51.5 Å². The molecule has 0 spiro atoms. The lowest BCUT2D eigenvalue weighted by molar-refractivity contribution is 0.0241. The Morgan fingerprint density at radius 1 is 1.29 bits per heavy atom. The van der Waals surface area contributed by atoms with E-state index >= 15 is 0 Å². The molecular weight excluding hydrogens is 300 g/mol. The largest absolute Gasteiger partial charge is 0.379 e. The Labute approximate surface area is 149 Å². The molecule has 2 unspecified atom stereocenters. The van der Waals surface area contributed by atoms with Crippen LogP contribution in [0.25, 0.3) is 0 Å². The van der Waals surface area contributed by atoms with Gasteiger partial charge in [-0.15, -0.1) is 0 Å². The second-order valence-electron chi connectivity index (χ2n) is 8.29. The van der Waals surface area contributed by atoms with E-state index in [0.29, 0.717) is 18.5 Å². The molecule has 142 valence electrons. The summed E-state index contributed by atoms with van der Waals surface area (Å²) in [5.74, 6) is 1.61. The Balaban J connectivity index is 2.54. The van der Waals surface area contributed by atoms with Crippen LogP contribution in [0.5, 0.6) is 0 Å². The number of methoxy groups -OCH3 is 1. The number of aliphatic imine (C=N–C) groups is 1. The van der Waals surface area contributed by atoms with Crippen molar-refractivity contribution in [1.82, 2.24) is 15.5 Å². The SMILES string of the molecule is CCNC(=NCC(OC)C(C)(C)C)NCC1CCCN(C(C)C)C1. The Morgan fingerprint density at radius 3 is 2.54 bits per heavy atom. The lowest BCUT2D eigenvalue weighted by Gasteiger charge is -2.35. The molecule has 0 aromatic rings. The van der Waals surface area contributed by atoms with Crippen molar-refractivity contribution in [3.8, 4) is 0 Å². The van der Waals surface area contributed by atoms with Crippen molar-refractivity contribution >= 4 is 5.96 Å². The summed E-state index contributed by atoms with van der Waals surface area (Å²) in [4.78, 5) is 7.33. The lowest BCUT2D eigenvalue weighted by Crippen LogP contribution is -2.46. The van der Waals surface area contributed by atoms with Crippen LogP contribution in [-0.2, 0) is 4.74 Å². The summed E-state index contributed by atoms with van der Waals surface area (Å²) < 4.78 is 5.61. The first-order valence-corrected chi connectivity index (χ1v) is 9.57. The van der Waals surface area contributed by atoms with Crippen LogP contribution >= 0.6 is 0 Å². The molecule has 5 heteroatoms. The van der Waals surface area contributed by atoms with Crippen LogP contribution in [0, 0.1) is 11.3 Å². The first-order valence-electron chi connectivity index (χ1n) is 9.57. The molecule has 1 aliphatic rings. The summed E-state index contributed by atoms with van der Waals surface area (Å²) in [6.07, 6.45) is 2.73. The first kappa shape index (κ1) is 21.2. The third-order valence-electron chi connectivity index (χ3n) is 4.85. The van der Waals surface area contributed by atoms with E-state index in [4.69, 9.17) is 9.73 Å². The topological polar surface area (TPSA) is 48.9 Å². The summed E-state index contributed by atoms with van der Waals surface area (Å²) in [7, 11) is 1.77. The molecule has 0 aromatic carbocycles. The van der Waals surface area contributed by atoms with E-state index in [1.165, 1.54) is 25.9 Å². The Kier molecular flexibility index (Phi) is 9.06. The van der Waals surface area contributed by atoms with Gasteiger partial charge in [0.1, 0.15) is 0 Å². The van der Waals surface area contributed by atoms with Crippen LogP contribution in [0.2, 0.25) is 0 Å². The van der Waals surface area contributed by atoms with Crippen molar-refractivity contribution < 1.29 is 4.74 Å². The van der Waals surface area contributed by atoms with E-state index in [0.717, 1.165) is 19.0 Å². The van der Waals surface area contributed by atoms with Gasteiger partial charge in [0.25, 0.3) is 0 Å². The average molecular weight is 341 g/mol. The maximum absolute atomic E-state index is 5.61. The van der Waals surface area contributed by atoms with Crippen LogP contribution in [-0.4, -0.2) is 62.8 Å². The summed E-state index contributed by atoms with van der Waals surface area (Å²) in [5.41, 5.74) is 0.0940. The summed E-state index contributed by atoms with van der Waals surface area (Å²) in [6, 6.07) is 0.643. The Bertz CT molecular complexity index is 376. The molecular formula is C19H40N4O. The summed E-state index contributed by atoms with van der Waals surface area (Å²) in [5, 5.41) is 6.89. The van der Waals surface area contributed by atoms with Gasteiger partial charge in [-0.1, -0.05) is 20.8 Å². The van der Waals surface area contributed by atoms with Crippen LogP contribution in [0.1, 0.15) is 54.4 Å². The smallest absolute Gasteiger partial charge is 0.191 e. The number of guanidine groups is 1. The summed E-state index contributed by atoms with van der Waals surface area (Å²) >= 11 is 0. The number of likely N-dealkylation sites (tertiary alicyclic amines) is 1. The zero-order chi connectivity index (χ0) is 18.2. The molecule has 2 atom stereocenters. The van der Waals surface area contributed by atoms with Gasteiger partial charge in [0.15, 0.2) is 5.96 Å². The second-order valence-corrected chi connectivity index (χ2v) is 8.29. The zero-order valence-corrected chi connectivity index (χ0v) is 17.0. The Morgan fingerprint density at radius 2 is 2.00 bits per heavy atom. The molecule has 1 heterocycles. The molecule has 24 heavy (non-hydrogen) atoms. The second kappa shape index (κ2) is 10.2. The fourth-order valence-electron chi connectivity index (χ4n) is 3.19. The Hall–Kier alpha value is -0.810. The highest BCUT2D eigenvalue weighted by molar-refractivity contribution is 5.79. The van der Waals surface area contributed by atoms with E-state index < -0.39 is 0 Å². The van der Waals surface area contributed by atoms with Gasteiger partial charge in [0.2, 0.25) is 0 Å². The standard InChI is InChI=1S/C19H40N4O/c1-8-20-18(22-13-17(24-7)19(4,5)6)21-12-16-10-9-11-23(14-16)15(2)3/h15-17H,8-14H2,1-7H3,(H2,20,21,22). The number of piperidine rings is 1. The molecule has 5 nitrogen and oxygen atoms in total. The van der Waals surface area contributed by atoms with E-state index in [1.807, 2.05) is 0 Å². The predicted octanol–water partition coefficient (Wildman–Crippen LogP) is 2.72. The molecule has 1 rings (SSSR count). The van der Waals surface area contributed by atoms with Crippen molar-refractivity contribution in [2.45, 2.75) is 66.5 Å². The van der Waals surface area contributed by atoms with Gasteiger partial charge in [-0.3, -0.25) is 4.99 Å². The highest BCUT2D eigenvalue weighted by Crippen LogP contribution is 2.22. The van der Waals surface area contributed by atoms with Crippen molar-refractivity contribution in [3.05, 3.63) is 0 Å². The summed E-state index contributed by atoms with van der Waals surface area (Å²) in [6.45, 7) is 18.2. The van der Waals surface area contributed by atoms with Gasteiger partial charge in [-0.2, -0.15) is 0 Å². The van der Waals surface area contributed by atoms with Crippen LogP contribution in [0.15, 0.2) is 4.99 Å². The van der Waals surface area contributed by atoms with E-state index in [-0.39, 0.29) is 11.5 Å². The van der Waals surface area contributed by atoms with Crippen molar-refractivity contribution in [2.75, 3.05) is 39.8 Å². The minimum atomic E-state index is 0.0940. The van der Waals surface area contributed by atoms with Crippen molar-refractivity contribution in [1.29, 1.82) is 0 Å². The number of hydrogen-bond acceptors (Lipinski definition) is 3. The molecule has 0 amide bonds. The quantitative estimate of drug-likeness (QED) is 0.553. The molecule has 1 aliphatic heterocycles. The normalized spacial score (nSPS) is 21.8. The van der Waals surface area contributed by atoms with Gasteiger partial charge in [-0.25, -0.2) is 0 Å². The monoisotopic (exact) mass is 340 g/mol. The fraction of sp³-hybridized carbons (Fsp3) is 0.947. The molecule has 0 bridgehead atoms. The molecule has 0 saturated carbocycles. The number of hydrogen-bond donors (Lipinski definition) is 2. The number of nitrogens with zero attached hydrogens (tertiary/aromatic N) is 2. The molecule has 0 radical (unpaired) electrons. The molecule has 1 saturated heterocycles. The number of rotatable bonds is 7. The average Bonchev–Trinajstić information content (AvgIpc) is 2.52. The van der Waals surface area contributed by atoms with Crippen molar-refractivity contribution in [3.63, 3.8) is 0 Å². The lowest BCUT2D eigenvalue weighted by atomic mass is 9.89. The maximum atomic E-state index is 5.61. The minimum Gasteiger partial charge on any atom is -0.379 e. The molecule has 1 fully saturated rings. The molecule has 0 aromatic heterocycles. The van der Waals surface area contributed by atoms with Gasteiger partial charge < -0.3 is 20.3 Å². The highest BCUT2D eigenvalue weighted by Gasteiger charge is 2.24. The third-order valence-corrected chi connectivity index (χ3v) is 4.85. The van der Waals surface area contributed by atoms with Gasteiger partial charge in [0.05, 0.1) is 12.6 Å². The van der Waals surface area contributed by atoms with Crippen LogP contribution < -0.4 is 10.6 Å². The fourth-order valence-corrected chi connectivity index (χ4v) is 3.19. The van der Waals surface area contributed by atoms with Crippen molar-refractivity contribution in [2.24, 2.45) is 16.3 Å². The molecule has 0 aliphatic carbocycles. The minimum absolute atomic E-state index is 0.0940. The maximum Gasteiger partial charge on any atom is 0.191 e. The third kappa shape index (κ3) is 7.39. The van der Waals surface area contributed by atoms with Gasteiger partial charge in [0, 0.05) is 32.8 Å². The number of ether oxygens (including phenoxy) is 1. The van der Waals surface area contributed by atoms with Crippen LogP contribution in [0.4, 0.5) is 0 Å². The predicted molar refractivity (Wildman–Crippen MR) is 104 cm³/mol. The highest BCUT2D eigenvalue weighted by atomic mass is 16.5. The van der Waals surface area contributed by atoms with Crippen LogP contribution in [0.3, 0.4) is 0 Å². The van der Waals surface area contributed by atoms with E-state index in [2.05, 4.69) is 57.1 Å². The molecule has 2 N–H and O–H groups in total.